The summed E-state index contributed by atoms with van der Waals surface area (Å²) in [5, 5.41) is 0. The average molecular weight is 322 g/mol. The summed E-state index contributed by atoms with van der Waals surface area (Å²) >= 11 is 1.87. The van der Waals surface area contributed by atoms with E-state index in [1.165, 1.54) is 0 Å². The maximum absolute atomic E-state index is 13.8. The van der Waals surface area contributed by atoms with Gasteiger partial charge in [-0.05, 0) is 37.0 Å². The van der Waals surface area contributed by atoms with Crippen LogP contribution in [0, 0.1) is 0 Å². The van der Waals surface area contributed by atoms with E-state index in [4.69, 9.17) is 4.74 Å². The molecule has 22 heavy (non-hydrogen) atoms. The molecule has 118 valence electrons. The Labute approximate surface area is 133 Å². The fourth-order valence-electron chi connectivity index (χ4n) is 3.22. The molecular weight excluding hydrogens is 303 g/mol. The van der Waals surface area contributed by atoms with Gasteiger partial charge in [-0.2, -0.15) is 0 Å². The number of carbonyl (C=O) groups is 1. The Morgan fingerprint density at radius 1 is 1.41 bits per heavy atom. The fraction of sp³-hybridized carbons (Fsp3) is 0.625. The van der Waals surface area contributed by atoms with E-state index in [1.54, 1.807) is 17.3 Å². The lowest BCUT2D eigenvalue weighted by atomic mass is 9.92. The normalized spacial score (nSPS) is 27.7. The van der Waals surface area contributed by atoms with Crippen molar-refractivity contribution in [3.8, 4) is 0 Å². The number of hydrogen-bond donors (Lipinski definition) is 0. The molecule has 0 N–H and O–H groups in total. The average Bonchev–Trinajstić information content (AvgIpc) is 3.11. The number of halogens is 1. The van der Waals surface area contributed by atoms with E-state index >= 15 is 0 Å². The largest absolute Gasteiger partial charge is 0.373 e. The minimum atomic E-state index is -1.53. The lowest BCUT2D eigenvalue weighted by Gasteiger charge is -2.48. The molecule has 3 heterocycles. The Bertz CT molecular complexity index is 573. The Balaban J connectivity index is 1.26. The summed E-state index contributed by atoms with van der Waals surface area (Å²) in [4.78, 5) is 17.6. The molecule has 1 atom stereocenters. The van der Waals surface area contributed by atoms with Crippen LogP contribution in [0.5, 0.6) is 0 Å². The van der Waals surface area contributed by atoms with Crippen molar-refractivity contribution in [2.75, 3.05) is 18.8 Å². The van der Waals surface area contributed by atoms with Crippen molar-refractivity contribution in [2.45, 2.75) is 42.4 Å². The zero-order valence-corrected chi connectivity index (χ0v) is 13.2. The lowest BCUT2D eigenvalue weighted by molar-refractivity contribution is -0.144. The summed E-state index contributed by atoms with van der Waals surface area (Å²) in [6.07, 6.45) is 5.51. The van der Waals surface area contributed by atoms with E-state index in [1.807, 2.05) is 23.9 Å². The molecule has 3 fully saturated rings. The highest BCUT2D eigenvalue weighted by Gasteiger charge is 2.58. The smallest absolute Gasteiger partial charge is 0.260 e. The quantitative estimate of drug-likeness (QED) is 0.852. The van der Waals surface area contributed by atoms with Crippen LogP contribution in [0.15, 0.2) is 24.5 Å². The third-order valence-corrected chi connectivity index (χ3v) is 6.30. The van der Waals surface area contributed by atoms with E-state index < -0.39 is 5.67 Å². The molecule has 1 saturated carbocycles. The van der Waals surface area contributed by atoms with E-state index in [0.29, 0.717) is 32.5 Å². The number of hydrogen-bond acceptors (Lipinski definition) is 4. The van der Waals surface area contributed by atoms with Crippen LogP contribution in [-0.4, -0.2) is 51.2 Å². The van der Waals surface area contributed by atoms with Gasteiger partial charge in [0.25, 0.3) is 5.91 Å². The van der Waals surface area contributed by atoms with E-state index in [-0.39, 0.29) is 16.8 Å². The zero-order valence-electron chi connectivity index (χ0n) is 12.3. The second kappa shape index (κ2) is 5.20. The van der Waals surface area contributed by atoms with Crippen molar-refractivity contribution in [3.05, 3.63) is 30.1 Å². The number of nitrogens with zero attached hydrogens (tertiary/aromatic N) is 2. The Kier molecular flexibility index (Phi) is 3.42. The molecule has 1 spiro atoms. The Morgan fingerprint density at radius 3 is 2.82 bits per heavy atom. The van der Waals surface area contributed by atoms with Gasteiger partial charge in [0, 0.05) is 31.2 Å². The molecule has 0 aromatic carbocycles. The number of amides is 1. The van der Waals surface area contributed by atoms with Crippen molar-refractivity contribution in [1.82, 2.24) is 9.88 Å². The van der Waals surface area contributed by atoms with Crippen LogP contribution < -0.4 is 0 Å². The number of carbonyl (C=O) groups excluding carboxylic acids is 1. The van der Waals surface area contributed by atoms with Crippen molar-refractivity contribution < 1.29 is 13.9 Å². The maximum atomic E-state index is 13.8. The number of thioether (sulfide) groups is 1. The third kappa shape index (κ3) is 2.63. The lowest BCUT2D eigenvalue weighted by Crippen LogP contribution is -2.62. The molecule has 1 aromatic rings. The Morgan fingerprint density at radius 2 is 2.14 bits per heavy atom. The second-order valence-corrected chi connectivity index (χ2v) is 8.10. The highest BCUT2D eigenvalue weighted by Crippen LogP contribution is 2.49. The van der Waals surface area contributed by atoms with Gasteiger partial charge < -0.3 is 9.64 Å². The molecular formula is C16H19FN2O2S. The van der Waals surface area contributed by atoms with Crippen LogP contribution in [0.25, 0.3) is 0 Å². The molecule has 2 saturated heterocycles. The van der Waals surface area contributed by atoms with Gasteiger partial charge in [0.1, 0.15) is 0 Å². The van der Waals surface area contributed by atoms with Crippen LogP contribution in [0.4, 0.5) is 4.39 Å². The van der Waals surface area contributed by atoms with Gasteiger partial charge in [0.05, 0.1) is 17.5 Å². The standard InChI is InChI=1S/C16H19FN2O2S/c17-16(3-4-16)14(20)19-10-15(11-19)7-13(9-22-15)21-8-12-1-5-18-6-2-12/h1-2,5-6,13H,3-4,7-11H2/t13-/m1/s1. The summed E-state index contributed by atoms with van der Waals surface area (Å²) < 4.78 is 19.9. The predicted molar refractivity (Wildman–Crippen MR) is 82.3 cm³/mol. The minimum Gasteiger partial charge on any atom is -0.373 e. The molecule has 1 aliphatic carbocycles. The van der Waals surface area contributed by atoms with Crippen molar-refractivity contribution >= 4 is 17.7 Å². The van der Waals surface area contributed by atoms with Crippen molar-refractivity contribution in [1.29, 1.82) is 0 Å². The molecule has 1 amide bonds. The van der Waals surface area contributed by atoms with Crippen LogP contribution in [0.2, 0.25) is 0 Å². The summed E-state index contributed by atoms with van der Waals surface area (Å²) in [6.45, 7) is 1.95. The predicted octanol–water partition coefficient (Wildman–Crippen LogP) is 2.19. The highest BCUT2D eigenvalue weighted by atomic mass is 32.2. The Hall–Kier alpha value is -1.14. The first kappa shape index (κ1) is 14.5. The first-order chi connectivity index (χ1) is 10.6. The molecule has 1 aromatic heterocycles. The number of likely N-dealkylation sites (tertiary alicyclic amines) is 1. The van der Waals surface area contributed by atoms with Gasteiger partial charge in [-0.25, -0.2) is 4.39 Å². The molecule has 3 aliphatic rings. The van der Waals surface area contributed by atoms with Crippen LogP contribution >= 0.6 is 11.8 Å². The minimum absolute atomic E-state index is 0.101. The zero-order chi connectivity index (χ0) is 15.2. The number of rotatable bonds is 4. The van der Waals surface area contributed by atoms with Gasteiger partial charge in [0.2, 0.25) is 0 Å². The first-order valence-corrected chi connectivity index (χ1v) is 8.70. The monoisotopic (exact) mass is 322 g/mol. The third-order valence-electron chi connectivity index (χ3n) is 4.73. The molecule has 4 rings (SSSR count). The molecule has 0 radical (unpaired) electrons. The van der Waals surface area contributed by atoms with E-state index in [0.717, 1.165) is 17.7 Å². The van der Waals surface area contributed by atoms with E-state index in [2.05, 4.69) is 4.98 Å². The molecule has 4 nitrogen and oxygen atoms in total. The van der Waals surface area contributed by atoms with Gasteiger partial charge in [-0.3, -0.25) is 9.78 Å². The van der Waals surface area contributed by atoms with Crippen molar-refractivity contribution in [2.24, 2.45) is 0 Å². The second-order valence-electron chi connectivity index (χ2n) is 6.61. The summed E-state index contributed by atoms with van der Waals surface area (Å²) in [7, 11) is 0. The number of aromatic nitrogens is 1. The van der Waals surface area contributed by atoms with E-state index in [9.17, 15) is 9.18 Å². The van der Waals surface area contributed by atoms with Crippen LogP contribution in [0.1, 0.15) is 24.8 Å². The summed E-state index contributed by atoms with van der Waals surface area (Å²) in [6, 6.07) is 3.91. The van der Waals surface area contributed by atoms with Gasteiger partial charge in [0.15, 0.2) is 5.67 Å². The maximum Gasteiger partial charge on any atom is 0.260 e. The summed E-state index contributed by atoms with van der Waals surface area (Å²) in [5.41, 5.74) is -0.401. The van der Waals surface area contributed by atoms with Gasteiger partial charge in [-0.15, -0.1) is 11.8 Å². The molecule has 0 bridgehead atoms. The molecule has 2 aliphatic heterocycles. The van der Waals surface area contributed by atoms with Crippen molar-refractivity contribution in [3.63, 3.8) is 0 Å². The van der Waals surface area contributed by atoms with Crippen LogP contribution in [0.3, 0.4) is 0 Å². The topological polar surface area (TPSA) is 42.4 Å². The number of ether oxygens (including phenoxy) is 1. The fourth-order valence-corrected chi connectivity index (χ4v) is 4.77. The first-order valence-electron chi connectivity index (χ1n) is 7.71. The summed E-state index contributed by atoms with van der Waals surface area (Å²) in [5.74, 6) is 0.660. The molecule has 6 heteroatoms. The number of pyridine rings is 1. The number of alkyl halides is 1. The van der Waals surface area contributed by atoms with Gasteiger partial charge in [-0.1, -0.05) is 0 Å². The SMILES string of the molecule is O=C(N1CC2(C[C@@H](OCc3ccncc3)CS2)C1)C1(F)CC1. The molecule has 0 unspecified atom stereocenters. The highest BCUT2D eigenvalue weighted by molar-refractivity contribution is 8.01. The van der Waals surface area contributed by atoms with Gasteiger partial charge >= 0.3 is 0 Å². The van der Waals surface area contributed by atoms with Crippen LogP contribution in [-0.2, 0) is 16.1 Å².